The maximum atomic E-state index is 13.2. The van der Waals surface area contributed by atoms with Crippen LogP contribution < -0.4 is 0 Å². The molecule has 1 unspecified atom stereocenters. The fraction of sp³-hybridized carbons (Fsp3) is 0.548. The Bertz CT molecular complexity index is 895. The van der Waals surface area contributed by atoms with E-state index in [1.165, 1.54) is 0 Å². The Morgan fingerprint density at radius 1 is 1.17 bits per heavy atom. The number of rotatable bonds is 15. The standard InChI is InChI=1S/C31H42O5/c1-2-3-7-16-25(36-31-19-12-13-22-35-31)20-21-27-26(17-10-4-5-11-18-30(33)34)28(23-29(27)32)24-14-8-6-9-15-24/h4,6,8-10,14-15,20-21,23,25-27,31H,2-3,5,7,11-13,16-19,22H2,1H3,(H,33,34)/b10-4?,21-20+/t25-,26-,27-,31?/m0/s1. The molecule has 0 radical (unpaired) electrons. The number of carboxylic acid groups (broad SMARTS) is 1. The molecule has 1 N–H and O–H groups in total. The molecule has 1 fully saturated rings. The van der Waals surface area contributed by atoms with Crippen LogP contribution in [0.1, 0.15) is 83.1 Å². The lowest BCUT2D eigenvalue weighted by molar-refractivity contribution is -0.179. The molecule has 0 aromatic heterocycles. The van der Waals surface area contributed by atoms with Crippen LogP contribution in [0.15, 0.2) is 60.7 Å². The van der Waals surface area contributed by atoms with Gasteiger partial charge in [0.2, 0.25) is 0 Å². The van der Waals surface area contributed by atoms with Crippen molar-refractivity contribution >= 4 is 17.3 Å². The number of carbonyl (C=O) groups is 2. The minimum Gasteiger partial charge on any atom is -0.481 e. The number of allylic oxidation sites excluding steroid dienone is 5. The number of ketones is 1. The van der Waals surface area contributed by atoms with Crippen LogP contribution in [-0.4, -0.2) is 35.9 Å². The second-order valence-electron chi connectivity index (χ2n) is 9.84. The molecule has 2 aliphatic rings. The van der Waals surface area contributed by atoms with Crippen LogP contribution in [0.2, 0.25) is 0 Å². The Morgan fingerprint density at radius 3 is 2.72 bits per heavy atom. The number of hydrogen-bond acceptors (Lipinski definition) is 4. The van der Waals surface area contributed by atoms with E-state index in [1.54, 1.807) is 0 Å². The van der Waals surface area contributed by atoms with Gasteiger partial charge in [-0.1, -0.05) is 80.8 Å². The summed E-state index contributed by atoms with van der Waals surface area (Å²) in [7, 11) is 0. The van der Waals surface area contributed by atoms with Gasteiger partial charge in [0.25, 0.3) is 0 Å². The molecule has 5 heteroatoms. The molecule has 4 atom stereocenters. The van der Waals surface area contributed by atoms with Crippen LogP contribution in [-0.2, 0) is 19.1 Å². The Labute approximate surface area is 216 Å². The molecular weight excluding hydrogens is 452 g/mol. The van der Waals surface area contributed by atoms with E-state index in [9.17, 15) is 9.59 Å². The first kappa shape index (κ1) is 28.1. The summed E-state index contributed by atoms with van der Waals surface area (Å²) in [4.78, 5) is 23.9. The normalized spacial score (nSPS) is 23.4. The molecule has 0 amide bonds. The molecule has 0 saturated carbocycles. The maximum absolute atomic E-state index is 13.2. The lowest BCUT2D eigenvalue weighted by atomic mass is 9.84. The summed E-state index contributed by atoms with van der Waals surface area (Å²) in [5, 5.41) is 8.85. The first-order valence-corrected chi connectivity index (χ1v) is 13.7. The zero-order valence-corrected chi connectivity index (χ0v) is 21.6. The van der Waals surface area contributed by atoms with Crippen LogP contribution in [0.3, 0.4) is 0 Å². The lowest BCUT2D eigenvalue weighted by Gasteiger charge is -2.27. The highest BCUT2D eigenvalue weighted by Crippen LogP contribution is 2.40. The zero-order chi connectivity index (χ0) is 25.6. The predicted octanol–water partition coefficient (Wildman–Crippen LogP) is 7.13. The van der Waals surface area contributed by atoms with Gasteiger partial charge in [0.05, 0.1) is 6.10 Å². The number of aliphatic carboxylic acids is 1. The molecule has 1 aliphatic heterocycles. The van der Waals surface area contributed by atoms with E-state index in [4.69, 9.17) is 14.6 Å². The van der Waals surface area contributed by atoms with E-state index >= 15 is 0 Å². The lowest BCUT2D eigenvalue weighted by Crippen LogP contribution is -2.27. The van der Waals surface area contributed by atoms with Crippen molar-refractivity contribution in [3.05, 3.63) is 66.3 Å². The van der Waals surface area contributed by atoms with Crippen molar-refractivity contribution < 1.29 is 24.2 Å². The summed E-state index contributed by atoms with van der Waals surface area (Å²) in [6, 6.07) is 10.1. The van der Waals surface area contributed by atoms with Crippen LogP contribution in [0, 0.1) is 11.8 Å². The molecule has 0 spiro atoms. The first-order chi connectivity index (χ1) is 17.6. The van der Waals surface area contributed by atoms with Gasteiger partial charge in [-0.05, 0) is 62.2 Å². The SMILES string of the molecule is CCCCC[C@@H](/C=C/[C@@H]1C(=O)C=C(c2ccccc2)[C@H]1CC=CCCCC(=O)O)OC1CCCCO1. The van der Waals surface area contributed by atoms with Crippen molar-refractivity contribution in [2.75, 3.05) is 6.61 Å². The number of carboxylic acids is 1. The first-order valence-electron chi connectivity index (χ1n) is 13.7. The summed E-state index contributed by atoms with van der Waals surface area (Å²) in [5.74, 6) is -0.809. The molecule has 1 aliphatic carbocycles. The molecule has 1 aromatic carbocycles. The van der Waals surface area contributed by atoms with Crippen LogP contribution in [0.4, 0.5) is 0 Å². The third-order valence-corrected chi connectivity index (χ3v) is 6.97. The summed E-state index contributed by atoms with van der Waals surface area (Å²) in [5.41, 5.74) is 2.15. The number of benzene rings is 1. The third-order valence-electron chi connectivity index (χ3n) is 6.97. The molecule has 1 heterocycles. The molecule has 36 heavy (non-hydrogen) atoms. The van der Waals surface area contributed by atoms with Gasteiger partial charge in [-0.15, -0.1) is 0 Å². The molecule has 0 bridgehead atoms. The summed E-state index contributed by atoms with van der Waals surface area (Å²) >= 11 is 0. The Hall–Kier alpha value is -2.50. The topological polar surface area (TPSA) is 72.8 Å². The van der Waals surface area contributed by atoms with Crippen LogP contribution in [0.5, 0.6) is 0 Å². The number of unbranched alkanes of at least 4 members (excludes halogenated alkanes) is 3. The molecular formula is C31H42O5. The molecule has 3 rings (SSSR count). The van der Waals surface area contributed by atoms with Gasteiger partial charge in [-0.25, -0.2) is 0 Å². The quantitative estimate of drug-likeness (QED) is 0.207. The van der Waals surface area contributed by atoms with Crippen LogP contribution in [0.25, 0.3) is 5.57 Å². The second kappa shape index (κ2) is 15.6. The minimum absolute atomic E-state index is 0.0501. The average Bonchev–Trinajstić information content (AvgIpc) is 3.20. The van der Waals surface area contributed by atoms with Gasteiger partial charge < -0.3 is 14.6 Å². The summed E-state index contributed by atoms with van der Waals surface area (Å²) in [6.45, 7) is 2.95. The van der Waals surface area contributed by atoms with Crippen molar-refractivity contribution in [2.24, 2.45) is 11.8 Å². The third kappa shape index (κ3) is 9.18. The highest BCUT2D eigenvalue weighted by atomic mass is 16.7. The number of hydrogen-bond donors (Lipinski definition) is 1. The zero-order valence-electron chi connectivity index (χ0n) is 21.6. The van der Waals surface area contributed by atoms with Gasteiger partial charge >= 0.3 is 5.97 Å². The van der Waals surface area contributed by atoms with E-state index in [0.29, 0.717) is 6.42 Å². The highest BCUT2D eigenvalue weighted by Gasteiger charge is 2.34. The van der Waals surface area contributed by atoms with Gasteiger partial charge in [0, 0.05) is 24.9 Å². The summed E-state index contributed by atoms with van der Waals surface area (Å²) in [6.07, 6.45) is 19.7. The molecule has 1 aromatic rings. The fourth-order valence-electron chi connectivity index (χ4n) is 4.97. The van der Waals surface area contributed by atoms with Gasteiger partial charge in [0.15, 0.2) is 12.1 Å². The van der Waals surface area contributed by atoms with E-state index in [0.717, 1.165) is 75.5 Å². The largest absolute Gasteiger partial charge is 0.481 e. The van der Waals surface area contributed by atoms with Gasteiger partial charge in [-0.3, -0.25) is 9.59 Å². The van der Waals surface area contributed by atoms with Crippen molar-refractivity contribution in [2.45, 2.75) is 89.9 Å². The predicted molar refractivity (Wildman–Crippen MR) is 143 cm³/mol. The van der Waals surface area contributed by atoms with E-state index < -0.39 is 5.97 Å². The average molecular weight is 495 g/mol. The Balaban J connectivity index is 1.72. The van der Waals surface area contributed by atoms with E-state index in [1.807, 2.05) is 30.4 Å². The second-order valence-corrected chi connectivity index (χ2v) is 9.84. The summed E-state index contributed by atoms with van der Waals surface area (Å²) < 4.78 is 12.1. The van der Waals surface area contributed by atoms with E-state index in [-0.39, 0.29) is 36.4 Å². The van der Waals surface area contributed by atoms with Crippen LogP contribution >= 0.6 is 0 Å². The maximum Gasteiger partial charge on any atom is 0.303 e. The number of ether oxygens (including phenoxy) is 2. The number of carbonyl (C=O) groups excluding carboxylic acids is 1. The van der Waals surface area contributed by atoms with Gasteiger partial charge in [-0.2, -0.15) is 0 Å². The monoisotopic (exact) mass is 494 g/mol. The molecule has 196 valence electrons. The van der Waals surface area contributed by atoms with Crippen molar-refractivity contribution in [1.29, 1.82) is 0 Å². The van der Waals surface area contributed by atoms with Crippen molar-refractivity contribution in [3.8, 4) is 0 Å². The molecule has 1 saturated heterocycles. The van der Waals surface area contributed by atoms with Crippen molar-refractivity contribution in [1.82, 2.24) is 0 Å². The smallest absolute Gasteiger partial charge is 0.303 e. The minimum atomic E-state index is -0.765. The van der Waals surface area contributed by atoms with E-state index in [2.05, 4.69) is 37.3 Å². The highest BCUT2D eigenvalue weighted by molar-refractivity contribution is 6.05. The van der Waals surface area contributed by atoms with Gasteiger partial charge in [0.1, 0.15) is 0 Å². The Morgan fingerprint density at radius 2 is 2.00 bits per heavy atom. The van der Waals surface area contributed by atoms with Crippen molar-refractivity contribution in [3.63, 3.8) is 0 Å². The molecule has 5 nitrogen and oxygen atoms in total. The fourth-order valence-corrected chi connectivity index (χ4v) is 4.97. The Kier molecular flexibility index (Phi) is 12.1.